The van der Waals surface area contributed by atoms with Crippen LogP contribution in [0.1, 0.15) is 26.7 Å². The molecule has 14 heavy (non-hydrogen) atoms. The lowest BCUT2D eigenvalue weighted by atomic mass is 9.96. The minimum Gasteiger partial charge on any atom is -0.388 e. The number of hydrogen-bond acceptors (Lipinski definition) is 3. The molecular formula is C10H20N2O2. The van der Waals surface area contributed by atoms with Gasteiger partial charge in [0, 0.05) is 19.6 Å². The van der Waals surface area contributed by atoms with Crippen molar-refractivity contribution < 1.29 is 9.90 Å². The molecule has 0 atom stereocenters. The quantitative estimate of drug-likeness (QED) is 0.579. The monoisotopic (exact) mass is 200 g/mol. The van der Waals surface area contributed by atoms with Gasteiger partial charge in [-0.2, -0.15) is 0 Å². The molecule has 1 fully saturated rings. The van der Waals surface area contributed by atoms with Gasteiger partial charge in [0.05, 0.1) is 11.5 Å². The van der Waals surface area contributed by atoms with E-state index in [1.165, 1.54) is 0 Å². The van der Waals surface area contributed by atoms with Crippen molar-refractivity contribution in [1.29, 1.82) is 0 Å². The minimum atomic E-state index is -0.729. The molecule has 0 unspecified atom stereocenters. The maximum atomic E-state index is 11.4. The fourth-order valence-electron chi connectivity index (χ4n) is 1.37. The fraction of sp³-hybridized carbons (Fsp3) is 0.900. The Morgan fingerprint density at radius 3 is 2.43 bits per heavy atom. The smallest absolute Gasteiger partial charge is 0.225 e. The van der Waals surface area contributed by atoms with Gasteiger partial charge < -0.3 is 15.7 Å². The van der Waals surface area contributed by atoms with E-state index < -0.39 is 5.60 Å². The highest BCUT2D eigenvalue weighted by atomic mass is 16.3. The zero-order valence-corrected chi connectivity index (χ0v) is 8.97. The van der Waals surface area contributed by atoms with Gasteiger partial charge in [-0.1, -0.05) is 13.8 Å². The summed E-state index contributed by atoms with van der Waals surface area (Å²) in [6.07, 6.45) is 1.35. The fourth-order valence-corrected chi connectivity index (χ4v) is 1.37. The maximum Gasteiger partial charge on any atom is 0.225 e. The molecule has 82 valence electrons. The number of carbonyl (C=O) groups excluding carboxylic acids is 1. The Bertz CT molecular complexity index is 198. The summed E-state index contributed by atoms with van der Waals surface area (Å²) in [4.78, 5) is 11.4. The van der Waals surface area contributed by atoms with Crippen LogP contribution in [0.3, 0.4) is 0 Å². The lowest BCUT2D eigenvalue weighted by Crippen LogP contribution is -2.53. The lowest BCUT2D eigenvalue weighted by Gasteiger charge is -2.29. The molecule has 0 aromatic carbocycles. The Morgan fingerprint density at radius 1 is 1.50 bits per heavy atom. The van der Waals surface area contributed by atoms with Crippen LogP contribution >= 0.6 is 0 Å². The van der Waals surface area contributed by atoms with E-state index in [-0.39, 0.29) is 11.8 Å². The normalized spacial score (nSPS) is 17.6. The number of hydrogen-bond donors (Lipinski definition) is 3. The first-order valence-electron chi connectivity index (χ1n) is 5.32. The van der Waals surface area contributed by atoms with E-state index in [1.807, 2.05) is 13.8 Å². The van der Waals surface area contributed by atoms with Crippen LogP contribution < -0.4 is 10.6 Å². The van der Waals surface area contributed by atoms with Gasteiger partial charge in [-0.05, 0) is 12.8 Å². The van der Waals surface area contributed by atoms with E-state index in [4.69, 9.17) is 0 Å². The van der Waals surface area contributed by atoms with Crippen molar-refractivity contribution in [3.63, 3.8) is 0 Å². The second-order valence-corrected chi connectivity index (χ2v) is 4.00. The standard InChI is InChI=1S/C10H20N2O2/c1-3-10(14,4-2)7-12-9(13)8-5-11-6-8/h8,11,14H,3-7H2,1-2H3,(H,12,13). The van der Waals surface area contributed by atoms with Gasteiger partial charge in [0.2, 0.25) is 5.91 Å². The average Bonchev–Trinajstić information content (AvgIpc) is 2.11. The van der Waals surface area contributed by atoms with Crippen molar-refractivity contribution in [3.8, 4) is 0 Å². The number of nitrogens with one attached hydrogen (secondary N) is 2. The highest BCUT2D eigenvalue weighted by Crippen LogP contribution is 2.13. The van der Waals surface area contributed by atoms with Crippen LogP contribution in [-0.2, 0) is 4.79 Å². The summed E-state index contributed by atoms with van der Waals surface area (Å²) in [7, 11) is 0. The summed E-state index contributed by atoms with van der Waals surface area (Å²) in [6.45, 7) is 5.77. The van der Waals surface area contributed by atoms with Crippen molar-refractivity contribution in [2.24, 2.45) is 5.92 Å². The molecule has 1 aliphatic rings. The van der Waals surface area contributed by atoms with Crippen LogP contribution in [0, 0.1) is 5.92 Å². The molecule has 1 rings (SSSR count). The zero-order chi connectivity index (χ0) is 10.6. The summed E-state index contributed by atoms with van der Waals surface area (Å²) in [5.74, 6) is 0.164. The molecule has 1 aliphatic heterocycles. The molecule has 0 aromatic heterocycles. The number of aliphatic hydroxyl groups is 1. The Balaban J connectivity index is 2.27. The van der Waals surface area contributed by atoms with Gasteiger partial charge in [-0.25, -0.2) is 0 Å². The predicted octanol–water partition coefficient (Wildman–Crippen LogP) is -0.127. The molecule has 0 aromatic rings. The minimum absolute atomic E-state index is 0.0593. The third-order valence-electron chi connectivity index (χ3n) is 3.06. The summed E-state index contributed by atoms with van der Waals surface area (Å²) in [5.41, 5.74) is -0.729. The molecule has 1 amide bonds. The Labute approximate surface area is 85.1 Å². The third kappa shape index (κ3) is 2.69. The van der Waals surface area contributed by atoms with Crippen LogP contribution in [0.5, 0.6) is 0 Å². The third-order valence-corrected chi connectivity index (χ3v) is 3.06. The second kappa shape index (κ2) is 4.75. The molecule has 0 spiro atoms. The molecule has 4 heteroatoms. The number of rotatable bonds is 5. The van der Waals surface area contributed by atoms with Gasteiger partial charge in [-0.3, -0.25) is 4.79 Å². The zero-order valence-electron chi connectivity index (χ0n) is 8.97. The van der Waals surface area contributed by atoms with E-state index in [0.717, 1.165) is 13.1 Å². The Morgan fingerprint density at radius 2 is 2.07 bits per heavy atom. The lowest BCUT2D eigenvalue weighted by molar-refractivity contribution is -0.127. The molecule has 0 aliphatic carbocycles. The van der Waals surface area contributed by atoms with Crippen LogP contribution in [0.15, 0.2) is 0 Å². The number of amides is 1. The highest BCUT2D eigenvalue weighted by Gasteiger charge is 2.28. The van der Waals surface area contributed by atoms with Crippen LogP contribution in [0.2, 0.25) is 0 Å². The van der Waals surface area contributed by atoms with E-state index in [1.54, 1.807) is 0 Å². The Hall–Kier alpha value is -0.610. The van der Waals surface area contributed by atoms with E-state index in [9.17, 15) is 9.90 Å². The van der Waals surface area contributed by atoms with Gasteiger partial charge >= 0.3 is 0 Å². The van der Waals surface area contributed by atoms with Gasteiger partial charge in [0.25, 0.3) is 0 Å². The van der Waals surface area contributed by atoms with Crippen molar-refractivity contribution in [1.82, 2.24) is 10.6 Å². The molecular weight excluding hydrogens is 180 g/mol. The Kier molecular flexibility index (Phi) is 3.89. The summed E-state index contributed by atoms with van der Waals surface area (Å²) < 4.78 is 0. The second-order valence-electron chi connectivity index (χ2n) is 4.00. The van der Waals surface area contributed by atoms with Crippen molar-refractivity contribution in [2.75, 3.05) is 19.6 Å². The van der Waals surface area contributed by atoms with Gasteiger partial charge in [-0.15, -0.1) is 0 Å². The molecule has 3 N–H and O–H groups in total. The van der Waals surface area contributed by atoms with Gasteiger partial charge in [0.1, 0.15) is 0 Å². The molecule has 1 saturated heterocycles. The summed E-state index contributed by atoms with van der Waals surface area (Å²) >= 11 is 0. The summed E-state index contributed by atoms with van der Waals surface area (Å²) in [5, 5.41) is 15.8. The molecule has 1 heterocycles. The van der Waals surface area contributed by atoms with E-state index in [2.05, 4.69) is 10.6 Å². The van der Waals surface area contributed by atoms with Crippen LogP contribution in [0.4, 0.5) is 0 Å². The summed E-state index contributed by atoms with van der Waals surface area (Å²) in [6, 6.07) is 0. The topological polar surface area (TPSA) is 61.4 Å². The average molecular weight is 200 g/mol. The van der Waals surface area contributed by atoms with Crippen LogP contribution in [-0.4, -0.2) is 36.2 Å². The molecule has 0 saturated carbocycles. The first-order valence-corrected chi connectivity index (χ1v) is 5.32. The van der Waals surface area contributed by atoms with Crippen molar-refractivity contribution in [2.45, 2.75) is 32.3 Å². The molecule has 4 nitrogen and oxygen atoms in total. The first kappa shape index (κ1) is 11.5. The number of carbonyl (C=O) groups is 1. The van der Waals surface area contributed by atoms with Gasteiger partial charge in [0.15, 0.2) is 0 Å². The molecule has 0 bridgehead atoms. The highest BCUT2D eigenvalue weighted by molar-refractivity contribution is 5.80. The van der Waals surface area contributed by atoms with E-state index >= 15 is 0 Å². The molecule has 0 radical (unpaired) electrons. The largest absolute Gasteiger partial charge is 0.388 e. The predicted molar refractivity (Wildman–Crippen MR) is 54.9 cm³/mol. The first-order chi connectivity index (χ1) is 6.61. The van der Waals surface area contributed by atoms with Crippen molar-refractivity contribution >= 4 is 5.91 Å². The van der Waals surface area contributed by atoms with Crippen molar-refractivity contribution in [3.05, 3.63) is 0 Å². The van der Waals surface area contributed by atoms with E-state index in [0.29, 0.717) is 19.4 Å². The maximum absolute atomic E-state index is 11.4. The SMILES string of the molecule is CCC(O)(CC)CNC(=O)C1CNC1. The van der Waals surface area contributed by atoms with Crippen LogP contribution in [0.25, 0.3) is 0 Å².